The van der Waals surface area contributed by atoms with Crippen LogP contribution in [-0.4, -0.2) is 21.2 Å². The summed E-state index contributed by atoms with van der Waals surface area (Å²) >= 11 is 0. The summed E-state index contributed by atoms with van der Waals surface area (Å²) < 4.78 is 26.5. The molecule has 22 heavy (non-hydrogen) atoms. The van der Waals surface area contributed by atoms with Crippen LogP contribution < -0.4 is 4.72 Å². The maximum absolute atomic E-state index is 12.9. The summed E-state index contributed by atoms with van der Waals surface area (Å²) in [6, 6.07) is 10.1. The molecule has 0 saturated carbocycles. The summed E-state index contributed by atoms with van der Waals surface area (Å²) in [6.07, 6.45) is 0. The second-order valence-electron chi connectivity index (χ2n) is 5.31. The number of hydrogen-bond acceptors (Lipinski definition) is 3. The standard InChI is InChI=1S/C17H19NO3S/c1-11-9-12(2)16(13(3)10-11)17(19)14-7-5-6-8-15(14)22(20,21)18-4/h5-10,18H,1-4H3. The lowest BCUT2D eigenvalue weighted by molar-refractivity contribution is 0.103. The Morgan fingerprint density at radius 3 is 2.09 bits per heavy atom. The first-order chi connectivity index (χ1) is 10.3. The molecular formula is C17H19NO3S. The molecule has 1 N–H and O–H groups in total. The van der Waals surface area contributed by atoms with Crippen molar-refractivity contribution in [3.63, 3.8) is 0 Å². The fourth-order valence-corrected chi connectivity index (χ4v) is 3.60. The largest absolute Gasteiger partial charge is 0.289 e. The second kappa shape index (κ2) is 6.02. The van der Waals surface area contributed by atoms with Gasteiger partial charge in [-0.3, -0.25) is 4.79 Å². The van der Waals surface area contributed by atoms with E-state index in [1.807, 2.05) is 32.9 Å². The molecule has 0 aliphatic rings. The van der Waals surface area contributed by atoms with Crippen molar-refractivity contribution in [2.75, 3.05) is 7.05 Å². The topological polar surface area (TPSA) is 63.2 Å². The van der Waals surface area contributed by atoms with Crippen LogP contribution in [-0.2, 0) is 10.0 Å². The van der Waals surface area contributed by atoms with Crippen LogP contribution in [0.25, 0.3) is 0 Å². The van der Waals surface area contributed by atoms with Gasteiger partial charge >= 0.3 is 0 Å². The van der Waals surface area contributed by atoms with Crippen molar-refractivity contribution in [1.29, 1.82) is 0 Å². The van der Waals surface area contributed by atoms with Gasteiger partial charge in [-0.15, -0.1) is 0 Å². The van der Waals surface area contributed by atoms with E-state index in [9.17, 15) is 13.2 Å². The molecule has 0 bridgehead atoms. The molecule has 0 aliphatic carbocycles. The zero-order chi connectivity index (χ0) is 16.5. The molecule has 4 nitrogen and oxygen atoms in total. The van der Waals surface area contributed by atoms with Gasteiger partial charge in [0.05, 0.1) is 4.90 Å². The van der Waals surface area contributed by atoms with Crippen molar-refractivity contribution in [2.45, 2.75) is 25.7 Å². The molecular weight excluding hydrogens is 298 g/mol. The Morgan fingerprint density at radius 2 is 1.55 bits per heavy atom. The first-order valence-corrected chi connectivity index (χ1v) is 8.41. The molecule has 0 unspecified atom stereocenters. The van der Waals surface area contributed by atoms with Crippen LogP contribution in [0, 0.1) is 20.8 Å². The highest BCUT2D eigenvalue weighted by Crippen LogP contribution is 2.24. The predicted molar refractivity (Wildman–Crippen MR) is 86.8 cm³/mol. The Kier molecular flexibility index (Phi) is 4.49. The highest BCUT2D eigenvalue weighted by Gasteiger charge is 2.23. The van der Waals surface area contributed by atoms with Crippen LogP contribution in [0.5, 0.6) is 0 Å². The Labute approximate surface area is 131 Å². The maximum Gasteiger partial charge on any atom is 0.241 e. The average Bonchev–Trinajstić information content (AvgIpc) is 2.46. The van der Waals surface area contributed by atoms with Gasteiger partial charge in [0.1, 0.15) is 0 Å². The van der Waals surface area contributed by atoms with E-state index >= 15 is 0 Å². The number of sulfonamides is 1. The minimum Gasteiger partial charge on any atom is -0.289 e. The van der Waals surface area contributed by atoms with E-state index in [2.05, 4.69) is 4.72 Å². The van der Waals surface area contributed by atoms with Gasteiger partial charge in [-0.1, -0.05) is 29.8 Å². The number of rotatable bonds is 4. The summed E-state index contributed by atoms with van der Waals surface area (Å²) in [7, 11) is -2.35. The fourth-order valence-electron chi connectivity index (χ4n) is 2.67. The van der Waals surface area contributed by atoms with Crippen LogP contribution in [0.3, 0.4) is 0 Å². The van der Waals surface area contributed by atoms with Crippen molar-refractivity contribution in [3.05, 3.63) is 64.2 Å². The smallest absolute Gasteiger partial charge is 0.241 e. The van der Waals surface area contributed by atoms with Crippen molar-refractivity contribution in [3.8, 4) is 0 Å². The minimum absolute atomic E-state index is 0.00174. The molecule has 0 fully saturated rings. The van der Waals surface area contributed by atoms with E-state index in [0.29, 0.717) is 5.56 Å². The van der Waals surface area contributed by atoms with Crippen LogP contribution in [0.15, 0.2) is 41.3 Å². The number of hydrogen-bond donors (Lipinski definition) is 1. The van der Waals surface area contributed by atoms with Gasteiger partial charge in [-0.05, 0) is 51.1 Å². The van der Waals surface area contributed by atoms with Gasteiger partial charge in [0, 0.05) is 11.1 Å². The van der Waals surface area contributed by atoms with Gasteiger partial charge in [0.25, 0.3) is 0 Å². The monoisotopic (exact) mass is 317 g/mol. The Hall–Kier alpha value is -1.98. The molecule has 0 aliphatic heterocycles. The zero-order valence-corrected chi connectivity index (χ0v) is 13.9. The second-order valence-corrected chi connectivity index (χ2v) is 7.16. The molecule has 116 valence electrons. The van der Waals surface area contributed by atoms with Gasteiger partial charge in [-0.2, -0.15) is 0 Å². The third-order valence-electron chi connectivity index (χ3n) is 3.59. The van der Waals surface area contributed by atoms with E-state index in [-0.39, 0.29) is 16.2 Å². The van der Waals surface area contributed by atoms with Gasteiger partial charge in [0.2, 0.25) is 10.0 Å². The number of carbonyl (C=O) groups is 1. The molecule has 0 spiro atoms. The molecule has 0 saturated heterocycles. The van der Waals surface area contributed by atoms with E-state index in [1.165, 1.54) is 13.1 Å². The highest BCUT2D eigenvalue weighted by molar-refractivity contribution is 7.89. The van der Waals surface area contributed by atoms with E-state index in [4.69, 9.17) is 0 Å². The van der Waals surface area contributed by atoms with Crippen LogP contribution in [0.4, 0.5) is 0 Å². The van der Waals surface area contributed by atoms with E-state index < -0.39 is 10.0 Å². The van der Waals surface area contributed by atoms with Crippen LogP contribution in [0.2, 0.25) is 0 Å². The molecule has 0 radical (unpaired) electrons. The predicted octanol–water partition coefficient (Wildman–Crippen LogP) is 2.75. The number of nitrogens with one attached hydrogen (secondary N) is 1. The Morgan fingerprint density at radius 1 is 1.00 bits per heavy atom. The van der Waals surface area contributed by atoms with Gasteiger partial charge < -0.3 is 0 Å². The summed E-state index contributed by atoms with van der Waals surface area (Å²) in [5.41, 5.74) is 3.51. The molecule has 2 aromatic rings. The van der Waals surface area contributed by atoms with Gasteiger partial charge in [0.15, 0.2) is 5.78 Å². The van der Waals surface area contributed by atoms with Crippen molar-refractivity contribution < 1.29 is 13.2 Å². The molecule has 2 aromatic carbocycles. The van der Waals surface area contributed by atoms with Crippen molar-refractivity contribution in [2.24, 2.45) is 0 Å². The number of ketones is 1. The lowest BCUT2D eigenvalue weighted by Crippen LogP contribution is -2.22. The number of carbonyl (C=O) groups excluding carboxylic acids is 1. The van der Waals surface area contributed by atoms with Gasteiger partial charge in [-0.25, -0.2) is 13.1 Å². The number of benzene rings is 2. The summed E-state index contributed by atoms with van der Waals surface area (Å²) in [6.45, 7) is 5.69. The zero-order valence-electron chi connectivity index (χ0n) is 13.1. The molecule has 0 aromatic heterocycles. The van der Waals surface area contributed by atoms with Crippen molar-refractivity contribution >= 4 is 15.8 Å². The quantitative estimate of drug-likeness (QED) is 0.882. The Balaban J connectivity index is 2.67. The first-order valence-electron chi connectivity index (χ1n) is 6.93. The molecule has 5 heteroatoms. The summed E-state index contributed by atoms with van der Waals surface area (Å²) in [4.78, 5) is 12.9. The molecule has 0 atom stereocenters. The first kappa shape index (κ1) is 16.4. The van der Waals surface area contributed by atoms with Crippen LogP contribution >= 0.6 is 0 Å². The molecule has 0 amide bonds. The maximum atomic E-state index is 12.9. The highest BCUT2D eigenvalue weighted by atomic mass is 32.2. The van der Waals surface area contributed by atoms with E-state index in [1.54, 1.807) is 18.2 Å². The lowest BCUT2D eigenvalue weighted by atomic mass is 9.93. The molecule has 0 heterocycles. The Bertz CT molecular complexity index is 816. The third kappa shape index (κ3) is 2.96. The SMILES string of the molecule is CNS(=O)(=O)c1ccccc1C(=O)c1c(C)cc(C)cc1C. The molecule has 2 rings (SSSR count). The summed E-state index contributed by atoms with van der Waals surface area (Å²) in [5.74, 6) is -0.274. The third-order valence-corrected chi connectivity index (χ3v) is 5.07. The minimum atomic E-state index is -3.69. The fraction of sp³-hybridized carbons (Fsp3) is 0.235. The lowest BCUT2D eigenvalue weighted by Gasteiger charge is -2.13. The normalized spacial score (nSPS) is 11.5. The van der Waals surface area contributed by atoms with E-state index in [0.717, 1.165) is 16.7 Å². The number of aryl methyl sites for hydroxylation is 3. The van der Waals surface area contributed by atoms with Crippen LogP contribution in [0.1, 0.15) is 32.6 Å². The van der Waals surface area contributed by atoms with Crippen molar-refractivity contribution in [1.82, 2.24) is 4.72 Å². The summed E-state index contributed by atoms with van der Waals surface area (Å²) in [5, 5.41) is 0. The average molecular weight is 317 g/mol.